The minimum absolute atomic E-state index is 0.976. The number of nitrogens with zero attached hydrogens (tertiary/aromatic N) is 2. The lowest BCUT2D eigenvalue weighted by Gasteiger charge is -2.20. The summed E-state index contributed by atoms with van der Waals surface area (Å²) in [6.07, 6.45) is 10.4. The van der Waals surface area contributed by atoms with Crippen molar-refractivity contribution in [3.05, 3.63) is 138 Å². The third kappa shape index (κ3) is 3.93. The van der Waals surface area contributed by atoms with Gasteiger partial charge >= 0.3 is 0 Å². The van der Waals surface area contributed by atoms with Gasteiger partial charge in [-0.15, -0.1) is 11.3 Å². The van der Waals surface area contributed by atoms with Gasteiger partial charge in [0.15, 0.2) is 0 Å². The van der Waals surface area contributed by atoms with Crippen LogP contribution in [0.3, 0.4) is 0 Å². The lowest BCUT2D eigenvalue weighted by atomic mass is 9.84. The van der Waals surface area contributed by atoms with Crippen LogP contribution in [0.5, 0.6) is 0 Å². The maximum Gasteiger partial charge on any atom is 0.108 e. The van der Waals surface area contributed by atoms with Crippen LogP contribution in [0.2, 0.25) is 0 Å². The van der Waals surface area contributed by atoms with Gasteiger partial charge in [0.1, 0.15) is 11.0 Å². The van der Waals surface area contributed by atoms with Gasteiger partial charge in [-0.25, -0.2) is 0 Å². The average molecular weight is 581 g/mol. The summed E-state index contributed by atoms with van der Waals surface area (Å²) in [7, 11) is 0. The second-order valence-corrected chi connectivity index (χ2v) is 12.9. The minimum Gasteiger partial charge on any atom is -0.252 e. The molecule has 0 spiro atoms. The summed E-state index contributed by atoms with van der Waals surface area (Å²) in [5, 5.41) is 7.56. The Kier molecular flexibility index (Phi) is 5.75. The molecule has 1 aliphatic carbocycles. The van der Waals surface area contributed by atoms with Crippen LogP contribution in [0.15, 0.2) is 122 Å². The Labute approximate surface area is 260 Å². The molecular weight excluding hydrogens is 553 g/mol. The molecule has 3 heteroatoms. The summed E-state index contributed by atoms with van der Waals surface area (Å²) in [4.78, 5) is 11.8. The van der Waals surface area contributed by atoms with Crippen LogP contribution in [0.25, 0.3) is 82.1 Å². The predicted molar refractivity (Wildman–Crippen MR) is 188 cm³/mol. The van der Waals surface area contributed by atoms with E-state index in [-0.39, 0.29) is 0 Å². The third-order valence-electron chi connectivity index (χ3n) is 9.14. The van der Waals surface area contributed by atoms with Gasteiger partial charge in [0.05, 0.1) is 4.88 Å². The van der Waals surface area contributed by atoms with Crippen molar-refractivity contribution >= 4 is 60.8 Å². The van der Waals surface area contributed by atoms with Gasteiger partial charge in [0.25, 0.3) is 0 Å². The van der Waals surface area contributed by atoms with Crippen LogP contribution in [-0.2, 0) is 6.42 Å². The maximum absolute atomic E-state index is 4.77. The zero-order valence-electron chi connectivity index (χ0n) is 24.3. The molecule has 0 bridgehead atoms. The quantitative estimate of drug-likeness (QED) is 0.194. The lowest BCUT2D eigenvalue weighted by Crippen LogP contribution is -1.96. The molecule has 208 valence electrons. The number of benzene rings is 6. The number of aromatic nitrogens is 2. The summed E-state index contributed by atoms with van der Waals surface area (Å²) < 4.78 is 0. The Hall–Kier alpha value is -5.12. The normalized spacial score (nSPS) is 12.8. The van der Waals surface area contributed by atoms with Crippen molar-refractivity contribution in [2.45, 2.75) is 19.8 Å². The number of aryl methyl sites for hydroxylation is 2. The number of thiophene rings is 1. The second-order valence-electron chi connectivity index (χ2n) is 11.7. The molecule has 0 unspecified atom stereocenters. The number of hydrogen-bond donors (Lipinski definition) is 0. The summed E-state index contributed by atoms with van der Waals surface area (Å²) >= 11 is 1.78. The van der Waals surface area contributed by atoms with Gasteiger partial charge in [-0.05, 0) is 109 Å². The van der Waals surface area contributed by atoms with Crippen LogP contribution in [0.1, 0.15) is 22.4 Å². The highest BCUT2D eigenvalue weighted by molar-refractivity contribution is 7.17. The standard InChI is InChI=1S/C41H28N2S/c1-25-39-40(43-21-20-42-39)41(44-25)32-18-19-35-36(24-32)38(31-17-15-27-9-3-5-11-29(27)23-31)34-13-7-6-12-33(34)37(35)30-16-14-26-8-2-4-10-28(26)22-30/h3-7,9-24H,2,8H2,1H3. The molecule has 44 heavy (non-hydrogen) atoms. The Bertz CT molecular complexity index is 2460. The number of fused-ring (bicyclic) bond motifs is 5. The zero-order valence-corrected chi connectivity index (χ0v) is 25.2. The third-order valence-corrected chi connectivity index (χ3v) is 10.3. The smallest absolute Gasteiger partial charge is 0.108 e. The first kappa shape index (κ1) is 25.4. The predicted octanol–water partition coefficient (Wildman–Crippen LogP) is 11.4. The van der Waals surface area contributed by atoms with E-state index in [2.05, 4.69) is 127 Å². The van der Waals surface area contributed by atoms with E-state index >= 15 is 0 Å². The van der Waals surface area contributed by atoms with E-state index in [1.54, 1.807) is 23.7 Å². The van der Waals surface area contributed by atoms with E-state index in [9.17, 15) is 0 Å². The fourth-order valence-electron chi connectivity index (χ4n) is 7.08. The van der Waals surface area contributed by atoms with Crippen LogP contribution >= 0.6 is 11.3 Å². The highest BCUT2D eigenvalue weighted by atomic mass is 32.1. The number of hydrogen-bond acceptors (Lipinski definition) is 3. The Morgan fingerprint density at radius 1 is 0.591 bits per heavy atom. The second kappa shape index (κ2) is 9.97. The van der Waals surface area contributed by atoms with Gasteiger partial charge in [-0.3, -0.25) is 9.97 Å². The topological polar surface area (TPSA) is 25.8 Å². The molecule has 1 aliphatic rings. The molecule has 0 aliphatic heterocycles. The first-order chi connectivity index (χ1) is 21.7. The summed E-state index contributed by atoms with van der Waals surface area (Å²) in [6, 6.07) is 38.5. The summed E-state index contributed by atoms with van der Waals surface area (Å²) in [5.41, 5.74) is 11.0. The first-order valence-corrected chi connectivity index (χ1v) is 16.0. The SMILES string of the molecule is Cc1sc(-c2ccc3c(-c4ccc5c(c4)C=CCC5)c4ccccc4c(-c4ccc5ccccc5c4)c3c2)c2nccnc12. The molecule has 0 amide bonds. The van der Waals surface area contributed by atoms with Gasteiger partial charge < -0.3 is 0 Å². The Morgan fingerprint density at radius 2 is 1.27 bits per heavy atom. The average Bonchev–Trinajstić information content (AvgIpc) is 3.42. The van der Waals surface area contributed by atoms with Gasteiger partial charge in [-0.2, -0.15) is 0 Å². The van der Waals surface area contributed by atoms with Crippen molar-refractivity contribution in [1.29, 1.82) is 0 Å². The Morgan fingerprint density at radius 3 is 2.14 bits per heavy atom. The van der Waals surface area contributed by atoms with Crippen molar-refractivity contribution in [2.75, 3.05) is 0 Å². The molecule has 0 fully saturated rings. The monoisotopic (exact) mass is 580 g/mol. The van der Waals surface area contributed by atoms with Crippen LogP contribution in [-0.4, -0.2) is 9.97 Å². The molecule has 0 saturated heterocycles. The van der Waals surface area contributed by atoms with Crippen molar-refractivity contribution < 1.29 is 0 Å². The van der Waals surface area contributed by atoms with Crippen LogP contribution in [0, 0.1) is 6.92 Å². The molecule has 9 rings (SSSR count). The first-order valence-electron chi connectivity index (χ1n) is 15.2. The van der Waals surface area contributed by atoms with Crippen molar-refractivity contribution in [3.8, 4) is 32.7 Å². The molecule has 0 saturated carbocycles. The Balaban J connectivity index is 1.41. The summed E-state index contributed by atoms with van der Waals surface area (Å²) in [6.45, 7) is 2.14. The highest BCUT2D eigenvalue weighted by Crippen LogP contribution is 2.47. The maximum atomic E-state index is 4.77. The van der Waals surface area contributed by atoms with Gasteiger partial charge in [-0.1, -0.05) is 97.1 Å². The number of allylic oxidation sites excluding steroid dienone is 1. The molecule has 2 nitrogen and oxygen atoms in total. The van der Waals surface area contributed by atoms with E-state index in [0.29, 0.717) is 0 Å². The summed E-state index contributed by atoms with van der Waals surface area (Å²) in [5.74, 6) is 0. The van der Waals surface area contributed by atoms with E-state index < -0.39 is 0 Å². The fraction of sp³-hybridized carbons (Fsp3) is 0.0732. The molecular formula is C41H28N2S. The molecule has 6 aromatic carbocycles. The highest BCUT2D eigenvalue weighted by Gasteiger charge is 2.20. The molecule has 0 atom stereocenters. The lowest BCUT2D eigenvalue weighted by molar-refractivity contribution is 0.986. The van der Waals surface area contributed by atoms with E-state index in [1.165, 1.54) is 81.0 Å². The van der Waals surface area contributed by atoms with E-state index in [0.717, 1.165) is 23.9 Å². The minimum atomic E-state index is 0.976. The van der Waals surface area contributed by atoms with Gasteiger partial charge in [0.2, 0.25) is 0 Å². The van der Waals surface area contributed by atoms with E-state index in [1.807, 2.05) is 0 Å². The van der Waals surface area contributed by atoms with Crippen molar-refractivity contribution in [1.82, 2.24) is 9.97 Å². The number of rotatable bonds is 3. The molecule has 2 aromatic heterocycles. The zero-order chi connectivity index (χ0) is 29.2. The molecule has 0 N–H and O–H groups in total. The molecule has 8 aromatic rings. The van der Waals surface area contributed by atoms with Crippen molar-refractivity contribution in [3.63, 3.8) is 0 Å². The van der Waals surface area contributed by atoms with Crippen LogP contribution < -0.4 is 0 Å². The largest absolute Gasteiger partial charge is 0.252 e. The van der Waals surface area contributed by atoms with Gasteiger partial charge in [0, 0.05) is 17.3 Å². The molecule has 2 heterocycles. The van der Waals surface area contributed by atoms with Crippen LogP contribution in [0.4, 0.5) is 0 Å². The van der Waals surface area contributed by atoms with E-state index in [4.69, 9.17) is 4.98 Å². The van der Waals surface area contributed by atoms with Crippen molar-refractivity contribution in [2.24, 2.45) is 0 Å². The molecule has 0 radical (unpaired) electrons. The fourth-order valence-corrected chi connectivity index (χ4v) is 8.12.